The van der Waals surface area contributed by atoms with E-state index in [-0.39, 0.29) is 12.1 Å². The molecule has 0 saturated carbocycles. The summed E-state index contributed by atoms with van der Waals surface area (Å²) in [7, 11) is 0. The van der Waals surface area contributed by atoms with Crippen LogP contribution in [0.15, 0.2) is 140 Å². The Bertz CT molecular complexity index is 1430. The van der Waals surface area contributed by atoms with E-state index >= 15 is 0 Å². The first-order chi connectivity index (χ1) is 20.6. The van der Waals surface area contributed by atoms with Crippen molar-refractivity contribution in [3.8, 4) is 0 Å². The molecule has 4 aromatic carbocycles. The normalized spacial score (nSPS) is 24.4. The molecule has 3 heterocycles. The van der Waals surface area contributed by atoms with Gasteiger partial charge in [0.2, 0.25) is 0 Å². The molecule has 5 nitrogen and oxygen atoms in total. The van der Waals surface area contributed by atoms with Gasteiger partial charge in [-0.15, -0.1) is 0 Å². The lowest BCUT2D eigenvalue weighted by Crippen LogP contribution is -2.40. The number of nitrogens with zero attached hydrogens (tertiary/aromatic N) is 1. The number of nitrogens with one attached hydrogen (secondary N) is 2. The van der Waals surface area contributed by atoms with Gasteiger partial charge in [0.1, 0.15) is 11.2 Å². The van der Waals surface area contributed by atoms with E-state index in [4.69, 9.17) is 14.5 Å². The number of rotatable bonds is 6. The standard InChI is InChI=1S/C37H35N3O2/c1-26-36(28-16-7-3-8-17-28,29-18-9-4-10-19-29)41-34(38-26)32-24-15-25-33(40-32)35-39-27(2)37(42-35,30-20-11-5-12-21-30)31-22-13-6-14-23-31/h3-27,34-35,38-39H,1-2H3/t26-,27-,34?,35?/m0/s1. The molecular weight excluding hydrogens is 518 g/mol. The third-order valence-corrected chi connectivity index (χ3v) is 8.77. The Hall–Kier alpha value is -4.13. The maximum Gasteiger partial charge on any atom is 0.153 e. The molecule has 2 fully saturated rings. The first-order valence-corrected chi connectivity index (χ1v) is 14.7. The Kier molecular flexibility index (Phi) is 6.96. The Morgan fingerprint density at radius 1 is 0.452 bits per heavy atom. The summed E-state index contributed by atoms with van der Waals surface area (Å²) >= 11 is 0. The maximum absolute atomic E-state index is 7.00. The molecule has 0 radical (unpaired) electrons. The lowest BCUT2D eigenvalue weighted by Gasteiger charge is -2.33. The van der Waals surface area contributed by atoms with E-state index in [2.05, 4.69) is 122 Å². The van der Waals surface area contributed by atoms with E-state index in [0.29, 0.717) is 0 Å². The minimum absolute atomic E-state index is 0.00226. The minimum atomic E-state index is -0.655. The molecule has 2 unspecified atom stereocenters. The van der Waals surface area contributed by atoms with Gasteiger partial charge < -0.3 is 9.47 Å². The third-order valence-electron chi connectivity index (χ3n) is 8.77. The molecule has 5 aromatic rings. The first-order valence-electron chi connectivity index (χ1n) is 14.7. The zero-order valence-corrected chi connectivity index (χ0v) is 23.9. The van der Waals surface area contributed by atoms with Crippen molar-refractivity contribution in [1.82, 2.24) is 15.6 Å². The van der Waals surface area contributed by atoms with Crippen LogP contribution in [0.2, 0.25) is 0 Å². The van der Waals surface area contributed by atoms with Crippen LogP contribution in [0.25, 0.3) is 0 Å². The van der Waals surface area contributed by atoms with E-state index in [9.17, 15) is 0 Å². The van der Waals surface area contributed by atoms with E-state index in [1.807, 2.05) is 42.5 Å². The molecule has 42 heavy (non-hydrogen) atoms. The molecule has 1 aromatic heterocycles. The van der Waals surface area contributed by atoms with Gasteiger partial charge in [0.05, 0.1) is 11.4 Å². The Labute approximate surface area is 247 Å². The van der Waals surface area contributed by atoms with E-state index in [1.165, 1.54) is 0 Å². The van der Waals surface area contributed by atoms with Crippen LogP contribution in [-0.2, 0) is 20.7 Å². The zero-order valence-electron chi connectivity index (χ0n) is 23.9. The molecule has 2 aliphatic rings. The highest BCUT2D eigenvalue weighted by Gasteiger charge is 2.51. The molecule has 0 spiro atoms. The lowest BCUT2D eigenvalue weighted by molar-refractivity contribution is -0.0308. The molecule has 4 atom stereocenters. The van der Waals surface area contributed by atoms with Crippen molar-refractivity contribution in [2.75, 3.05) is 0 Å². The summed E-state index contributed by atoms with van der Waals surface area (Å²) in [6.07, 6.45) is -0.792. The van der Waals surface area contributed by atoms with Crippen LogP contribution in [0.4, 0.5) is 0 Å². The molecule has 7 rings (SSSR count). The summed E-state index contributed by atoms with van der Waals surface area (Å²) in [4.78, 5) is 5.14. The fourth-order valence-electron chi connectivity index (χ4n) is 6.73. The molecule has 2 N–H and O–H groups in total. The number of benzene rings is 4. The Morgan fingerprint density at radius 2 is 0.762 bits per heavy atom. The van der Waals surface area contributed by atoms with Gasteiger partial charge in [-0.2, -0.15) is 0 Å². The number of pyridine rings is 1. The highest BCUT2D eigenvalue weighted by molar-refractivity contribution is 5.42. The molecule has 5 heteroatoms. The van der Waals surface area contributed by atoms with Crippen molar-refractivity contribution in [3.63, 3.8) is 0 Å². The number of ether oxygens (including phenoxy) is 2. The van der Waals surface area contributed by atoms with Crippen molar-refractivity contribution in [3.05, 3.63) is 173 Å². The predicted octanol–water partition coefficient (Wildman–Crippen LogP) is 6.98. The van der Waals surface area contributed by atoms with Crippen molar-refractivity contribution < 1.29 is 9.47 Å². The number of hydrogen-bond acceptors (Lipinski definition) is 5. The second kappa shape index (κ2) is 10.9. The van der Waals surface area contributed by atoms with Crippen molar-refractivity contribution in [2.24, 2.45) is 0 Å². The second-order valence-corrected chi connectivity index (χ2v) is 11.2. The maximum atomic E-state index is 7.00. The topological polar surface area (TPSA) is 55.4 Å². The van der Waals surface area contributed by atoms with Gasteiger partial charge in [-0.25, -0.2) is 4.98 Å². The van der Waals surface area contributed by atoms with E-state index in [1.54, 1.807) is 0 Å². The number of aromatic nitrogens is 1. The van der Waals surface area contributed by atoms with Gasteiger partial charge in [-0.1, -0.05) is 127 Å². The molecule has 210 valence electrons. The van der Waals surface area contributed by atoms with Crippen molar-refractivity contribution >= 4 is 0 Å². The molecule has 0 bridgehead atoms. The van der Waals surface area contributed by atoms with Crippen LogP contribution in [0.3, 0.4) is 0 Å². The highest BCUT2D eigenvalue weighted by atomic mass is 16.5. The Balaban J connectivity index is 1.23. The van der Waals surface area contributed by atoms with Crippen LogP contribution < -0.4 is 10.6 Å². The smallest absolute Gasteiger partial charge is 0.153 e. The summed E-state index contributed by atoms with van der Waals surface area (Å²) in [5, 5.41) is 7.41. The summed E-state index contributed by atoms with van der Waals surface area (Å²) < 4.78 is 14.0. The van der Waals surface area contributed by atoms with Gasteiger partial charge in [-0.05, 0) is 48.2 Å². The average molecular weight is 554 g/mol. The van der Waals surface area contributed by atoms with Crippen LogP contribution >= 0.6 is 0 Å². The van der Waals surface area contributed by atoms with E-state index < -0.39 is 23.7 Å². The van der Waals surface area contributed by atoms with Gasteiger partial charge in [0, 0.05) is 12.1 Å². The van der Waals surface area contributed by atoms with Crippen molar-refractivity contribution in [2.45, 2.75) is 49.6 Å². The van der Waals surface area contributed by atoms with Crippen LogP contribution in [0, 0.1) is 0 Å². The SMILES string of the molecule is C[C@@H]1NC(c2cccc(C3N[C@@H](C)C(c4ccccc4)(c4ccccc4)O3)n2)OC1(c1ccccc1)c1ccccc1. The van der Waals surface area contributed by atoms with Gasteiger partial charge in [0.15, 0.2) is 12.5 Å². The van der Waals surface area contributed by atoms with Crippen molar-refractivity contribution in [1.29, 1.82) is 0 Å². The summed E-state index contributed by atoms with van der Waals surface area (Å²) in [6.45, 7) is 4.36. The minimum Gasteiger partial charge on any atom is -0.340 e. The lowest BCUT2D eigenvalue weighted by atomic mass is 9.81. The summed E-state index contributed by atoms with van der Waals surface area (Å²) in [5.41, 5.74) is 4.78. The van der Waals surface area contributed by atoms with E-state index in [0.717, 1.165) is 33.6 Å². The fraction of sp³-hybridized carbons (Fsp3) is 0.216. The molecular formula is C37H35N3O2. The monoisotopic (exact) mass is 553 g/mol. The van der Waals surface area contributed by atoms with Crippen LogP contribution in [-0.4, -0.2) is 17.1 Å². The zero-order chi connectivity index (χ0) is 28.6. The quantitative estimate of drug-likeness (QED) is 0.238. The molecule has 0 amide bonds. The van der Waals surface area contributed by atoms with Crippen LogP contribution in [0.1, 0.15) is 59.9 Å². The third kappa shape index (κ3) is 4.37. The largest absolute Gasteiger partial charge is 0.340 e. The first kappa shape index (κ1) is 26.7. The molecule has 2 saturated heterocycles. The fourth-order valence-corrected chi connectivity index (χ4v) is 6.73. The second-order valence-electron chi connectivity index (χ2n) is 11.2. The predicted molar refractivity (Wildman–Crippen MR) is 164 cm³/mol. The molecule has 2 aliphatic heterocycles. The number of hydrogen-bond donors (Lipinski definition) is 2. The van der Waals surface area contributed by atoms with Crippen LogP contribution in [0.5, 0.6) is 0 Å². The highest BCUT2D eigenvalue weighted by Crippen LogP contribution is 2.47. The summed E-state index contributed by atoms with van der Waals surface area (Å²) in [5.74, 6) is 0. The van der Waals surface area contributed by atoms with Gasteiger partial charge >= 0.3 is 0 Å². The summed E-state index contributed by atoms with van der Waals surface area (Å²) in [6, 6.07) is 47.9. The molecule has 0 aliphatic carbocycles. The van der Waals surface area contributed by atoms with Gasteiger partial charge in [-0.3, -0.25) is 10.6 Å². The van der Waals surface area contributed by atoms with Gasteiger partial charge in [0.25, 0.3) is 0 Å². The Morgan fingerprint density at radius 3 is 1.07 bits per heavy atom. The average Bonchev–Trinajstić information content (AvgIpc) is 3.61.